The van der Waals surface area contributed by atoms with Gasteiger partial charge in [-0.3, -0.25) is 0 Å². The van der Waals surface area contributed by atoms with Crippen LogP contribution in [0.3, 0.4) is 0 Å². The molecule has 0 aliphatic rings. The first kappa shape index (κ1) is 14.6. The smallest absolute Gasteiger partial charge is 0.263 e. The van der Waals surface area contributed by atoms with Crippen LogP contribution in [-0.2, 0) is 6.54 Å². The molecule has 0 aliphatic carbocycles. The van der Waals surface area contributed by atoms with Crippen LogP contribution in [0.4, 0.5) is 0 Å². The number of thioether (sulfide) groups is 1. The molecule has 0 fully saturated rings. The van der Waals surface area contributed by atoms with Gasteiger partial charge < -0.3 is 5.11 Å². The van der Waals surface area contributed by atoms with Crippen LogP contribution in [0.1, 0.15) is 23.9 Å². The van der Waals surface area contributed by atoms with Gasteiger partial charge in [0.05, 0.1) is 0 Å². The van der Waals surface area contributed by atoms with E-state index in [1.807, 2.05) is 0 Å². The van der Waals surface area contributed by atoms with Gasteiger partial charge in [-0.2, -0.15) is 4.57 Å². The standard InChI is InChI=1S/C15H20NOS2/c1-4-12(18-3)10-15-16(7-8-17)13-9-11(2)5-6-14(13)19-15/h5-6,9-10,17H,4,7-8H2,1-3H3/q+1. The number of aryl methyl sites for hydroxylation is 1. The Morgan fingerprint density at radius 2 is 2.26 bits per heavy atom. The summed E-state index contributed by atoms with van der Waals surface area (Å²) in [6.45, 7) is 5.11. The Labute approximate surface area is 122 Å². The third kappa shape index (κ3) is 3.19. The minimum absolute atomic E-state index is 0.173. The Morgan fingerprint density at radius 3 is 2.89 bits per heavy atom. The second kappa shape index (κ2) is 6.55. The SMILES string of the molecule is CCC(=Cc1sc2ccc(C)cc2[n+]1CCO)SC. The highest BCUT2D eigenvalue weighted by Gasteiger charge is 2.18. The second-order valence-corrected chi connectivity index (χ2v) is 6.45. The van der Waals surface area contributed by atoms with Crippen molar-refractivity contribution >= 4 is 39.4 Å². The van der Waals surface area contributed by atoms with Crippen LogP contribution in [0.2, 0.25) is 0 Å². The van der Waals surface area contributed by atoms with Crippen molar-refractivity contribution in [3.8, 4) is 0 Å². The van der Waals surface area contributed by atoms with Gasteiger partial charge in [0.1, 0.15) is 11.3 Å². The minimum Gasteiger partial charge on any atom is -0.390 e. The molecule has 0 bridgehead atoms. The van der Waals surface area contributed by atoms with Crippen LogP contribution < -0.4 is 4.57 Å². The van der Waals surface area contributed by atoms with Gasteiger partial charge in [-0.25, -0.2) is 0 Å². The number of aromatic nitrogens is 1. The lowest BCUT2D eigenvalue weighted by Gasteiger charge is -1.98. The molecule has 0 saturated carbocycles. The fourth-order valence-electron chi connectivity index (χ4n) is 2.09. The van der Waals surface area contributed by atoms with Crippen molar-refractivity contribution in [2.75, 3.05) is 12.9 Å². The van der Waals surface area contributed by atoms with Crippen LogP contribution in [0.5, 0.6) is 0 Å². The molecule has 2 aromatic rings. The van der Waals surface area contributed by atoms with E-state index in [1.165, 1.54) is 25.7 Å². The number of aliphatic hydroxyl groups is 1. The molecule has 0 amide bonds. The summed E-state index contributed by atoms with van der Waals surface area (Å²) in [5, 5.41) is 10.5. The molecule has 1 N–H and O–H groups in total. The number of benzene rings is 1. The van der Waals surface area contributed by atoms with Crippen LogP contribution in [0, 0.1) is 6.92 Å². The predicted molar refractivity (Wildman–Crippen MR) is 85.6 cm³/mol. The number of fused-ring (bicyclic) bond motifs is 1. The molecule has 19 heavy (non-hydrogen) atoms. The van der Waals surface area contributed by atoms with E-state index in [9.17, 15) is 5.11 Å². The fraction of sp³-hybridized carbons (Fsp3) is 0.400. The topological polar surface area (TPSA) is 24.1 Å². The van der Waals surface area contributed by atoms with Gasteiger partial charge in [-0.05, 0) is 36.1 Å². The zero-order valence-electron chi connectivity index (χ0n) is 11.6. The van der Waals surface area contributed by atoms with E-state index < -0.39 is 0 Å². The summed E-state index contributed by atoms with van der Waals surface area (Å²) >= 11 is 3.59. The van der Waals surface area contributed by atoms with E-state index in [4.69, 9.17) is 0 Å². The highest BCUT2D eigenvalue weighted by molar-refractivity contribution is 8.02. The molecular formula is C15H20NOS2+. The molecule has 0 aliphatic heterocycles. The van der Waals surface area contributed by atoms with E-state index in [2.05, 4.69) is 48.9 Å². The molecule has 2 rings (SSSR count). The average molecular weight is 294 g/mol. The maximum atomic E-state index is 9.30. The average Bonchev–Trinajstić information content (AvgIpc) is 2.74. The molecule has 1 aromatic heterocycles. The molecule has 0 atom stereocenters. The Kier molecular flexibility index (Phi) is 5.02. The highest BCUT2D eigenvalue weighted by atomic mass is 32.2. The molecule has 102 valence electrons. The first-order valence-electron chi connectivity index (χ1n) is 6.48. The molecule has 0 saturated heterocycles. The largest absolute Gasteiger partial charge is 0.390 e. The number of rotatable bonds is 5. The van der Waals surface area contributed by atoms with Gasteiger partial charge in [0.25, 0.3) is 5.01 Å². The van der Waals surface area contributed by atoms with E-state index in [0.717, 1.165) is 6.42 Å². The molecular weight excluding hydrogens is 274 g/mol. The minimum atomic E-state index is 0.173. The lowest BCUT2D eigenvalue weighted by molar-refractivity contribution is -0.670. The summed E-state index contributed by atoms with van der Waals surface area (Å²) < 4.78 is 3.50. The molecule has 1 heterocycles. The number of thiazole rings is 1. The summed E-state index contributed by atoms with van der Waals surface area (Å²) in [5.41, 5.74) is 2.48. The summed E-state index contributed by atoms with van der Waals surface area (Å²) in [6, 6.07) is 6.51. The fourth-order valence-corrected chi connectivity index (χ4v) is 3.82. The Morgan fingerprint density at radius 1 is 1.47 bits per heavy atom. The Balaban J connectivity index is 2.59. The van der Waals surface area contributed by atoms with Crippen LogP contribution in [-0.4, -0.2) is 18.0 Å². The van der Waals surface area contributed by atoms with E-state index in [1.54, 1.807) is 23.1 Å². The number of hydrogen-bond acceptors (Lipinski definition) is 3. The van der Waals surface area contributed by atoms with Gasteiger partial charge >= 0.3 is 0 Å². The maximum Gasteiger partial charge on any atom is 0.263 e. The summed E-state index contributed by atoms with van der Waals surface area (Å²) in [4.78, 5) is 1.37. The number of nitrogens with zero attached hydrogens (tertiary/aromatic N) is 1. The van der Waals surface area contributed by atoms with Crippen LogP contribution in [0.15, 0.2) is 23.1 Å². The summed E-state index contributed by atoms with van der Waals surface area (Å²) in [5.74, 6) is 0. The number of hydrogen-bond donors (Lipinski definition) is 1. The van der Waals surface area contributed by atoms with Gasteiger partial charge in [0.2, 0.25) is 5.52 Å². The molecule has 2 nitrogen and oxygen atoms in total. The van der Waals surface area contributed by atoms with Crippen molar-refractivity contribution in [3.05, 3.63) is 33.7 Å². The molecule has 0 unspecified atom stereocenters. The van der Waals surface area contributed by atoms with Crippen molar-refractivity contribution in [2.45, 2.75) is 26.8 Å². The maximum absolute atomic E-state index is 9.30. The van der Waals surface area contributed by atoms with Crippen molar-refractivity contribution in [2.24, 2.45) is 0 Å². The zero-order valence-corrected chi connectivity index (χ0v) is 13.3. The van der Waals surface area contributed by atoms with E-state index >= 15 is 0 Å². The van der Waals surface area contributed by atoms with Gasteiger partial charge in [-0.15, -0.1) is 11.8 Å². The van der Waals surface area contributed by atoms with Gasteiger partial charge in [0, 0.05) is 12.1 Å². The van der Waals surface area contributed by atoms with Crippen molar-refractivity contribution in [1.29, 1.82) is 0 Å². The second-order valence-electron chi connectivity index (χ2n) is 4.46. The third-order valence-electron chi connectivity index (χ3n) is 3.10. The van der Waals surface area contributed by atoms with Crippen LogP contribution >= 0.6 is 23.1 Å². The summed E-state index contributed by atoms with van der Waals surface area (Å²) in [7, 11) is 0. The predicted octanol–water partition coefficient (Wildman–Crippen LogP) is 3.60. The molecule has 0 radical (unpaired) electrons. The van der Waals surface area contributed by atoms with Crippen molar-refractivity contribution < 1.29 is 9.67 Å². The first-order valence-corrected chi connectivity index (χ1v) is 8.52. The zero-order chi connectivity index (χ0) is 13.8. The van der Waals surface area contributed by atoms with E-state index in [0.29, 0.717) is 6.54 Å². The third-order valence-corrected chi connectivity index (χ3v) is 5.15. The first-order chi connectivity index (χ1) is 9.19. The Hall–Kier alpha value is -0.840. The van der Waals surface area contributed by atoms with Crippen molar-refractivity contribution in [1.82, 2.24) is 0 Å². The molecule has 1 aromatic carbocycles. The van der Waals surface area contributed by atoms with E-state index in [-0.39, 0.29) is 6.61 Å². The molecule has 4 heteroatoms. The number of allylic oxidation sites excluding steroid dienone is 1. The Bertz CT molecular complexity index is 595. The van der Waals surface area contributed by atoms with Crippen LogP contribution in [0.25, 0.3) is 16.3 Å². The highest BCUT2D eigenvalue weighted by Crippen LogP contribution is 2.26. The monoisotopic (exact) mass is 294 g/mol. The van der Waals surface area contributed by atoms with Crippen molar-refractivity contribution in [3.63, 3.8) is 0 Å². The molecule has 0 spiro atoms. The summed E-state index contributed by atoms with van der Waals surface area (Å²) in [6.07, 6.45) is 5.41. The normalized spacial score (nSPS) is 12.3. The lowest BCUT2D eigenvalue weighted by atomic mass is 10.2. The quantitative estimate of drug-likeness (QED) is 0.852. The van der Waals surface area contributed by atoms with Gasteiger partial charge in [-0.1, -0.05) is 24.3 Å². The number of aliphatic hydroxyl groups excluding tert-OH is 1. The van der Waals surface area contributed by atoms with Gasteiger partial charge in [0.15, 0.2) is 6.54 Å². The lowest BCUT2D eigenvalue weighted by Crippen LogP contribution is -2.36.